The molecule has 1 aromatic rings. The number of benzene rings is 1. The van der Waals surface area contributed by atoms with Gasteiger partial charge in [-0.25, -0.2) is 0 Å². The van der Waals surface area contributed by atoms with Crippen LogP contribution in [0.5, 0.6) is 5.75 Å². The molecule has 0 atom stereocenters. The van der Waals surface area contributed by atoms with Gasteiger partial charge >= 0.3 is 0 Å². The standard InChI is InChI=1S/C10H16N2O/c1-2-8-10(11,12)13-9-6-4-3-5-7-9/h3-7H,2,8,11-12H2,1H3. The molecule has 0 saturated heterocycles. The van der Waals surface area contributed by atoms with Crippen LogP contribution < -0.4 is 16.2 Å². The number of hydrogen-bond donors (Lipinski definition) is 2. The van der Waals surface area contributed by atoms with Crippen molar-refractivity contribution >= 4 is 0 Å². The quantitative estimate of drug-likeness (QED) is 0.689. The van der Waals surface area contributed by atoms with Gasteiger partial charge < -0.3 is 4.74 Å². The average molecular weight is 180 g/mol. The number of hydrogen-bond acceptors (Lipinski definition) is 3. The number of ether oxygens (including phenoxy) is 1. The fraction of sp³-hybridized carbons (Fsp3) is 0.400. The summed E-state index contributed by atoms with van der Waals surface area (Å²) in [7, 11) is 0. The Balaban J connectivity index is 2.58. The van der Waals surface area contributed by atoms with E-state index >= 15 is 0 Å². The van der Waals surface area contributed by atoms with Crippen molar-refractivity contribution in [2.75, 3.05) is 0 Å². The Hall–Kier alpha value is -1.06. The Morgan fingerprint density at radius 1 is 1.23 bits per heavy atom. The minimum atomic E-state index is -1.05. The van der Waals surface area contributed by atoms with Crippen LogP contribution in [0.3, 0.4) is 0 Å². The highest BCUT2D eigenvalue weighted by atomic mass is 16.5. The first-order valence-corrected chi connectivity index (χ1v) is 4.46. The lowest BCUT2D eigenvalue weighted by atomic mass is 10.2. The molecule has 1 aromatic carbocycles. The van der Waals surface area contributed by atoms with E-state index in [0.29, 0.717) is 12.2 Å². The summed E-state index contributed by atoms with van der Waals surface area (Å²) in [4.78, 5) is 0. The fourth-order valence-corrected chi connectivity index (χ4v) is 1.15. The van der Waals surface area contributed by atoms with Gasteiger partial charge in [0.05, 0.1) is 0 Å². The van der Waals surface area contributed by atoms with Gasteiger partial charge in [-0.1, -0.05) is 25.1 Å². The summed E-state index contributed by atoms with van der Waals surface area (Å²) in [5.74, 6) is -0.336. The molecule has 0 aliphatic carbocycles. The number of para-hydroxylation sites is 1. The van der Waals surface area contributed by atoms with Crippen LogP contribution in [0.1, 0.15) is 19.8 Å². The molecule has 0 saturated carbocycles. The molecule has 0 radical (unpaired) electrons. The van der Waals surface area contributed by atoms with Gasteiger partial charge in [0, 0.05) is 6.42 Å². The van der Waals surface area contributed by atoms with Crippen molar-refractivity contribution in [3.63, 3.8) is 0 Å². The second kappa shape index (κ2) is 4.25. The summed E-state index contributed by atoms with van der Waals surface area (Å²) < 4.78 is 5.40. The minimum absolute atomic E-state index is 0.641. The van der Waals surface area contributed by atoms with Crippen LogP contribution in [0.15, 0.2) is 30.3 Å². The number of nitrogens with two attached hydrogens (primary N) is 2. The van der Waals surface area contributed by atoms with Gasteiger partial charge in [0.2, 0.25) is 5.85 Å². The smallest absolute Gasteiger partial charge is 0.212 e. The third kappa shape index (κ3) is 3.44. The average Bonchev–Trinajstić information content (AvgIpc) is 2.04. The maximum Gasteiger partial charge on any atom is 0.212 e. The van der Waals surface area contributed by atoms with Gasteiger partial charge in [0.25, 0.3) is 0 Å². The van der Waals surface area contributed by atoms with E-state index in [1.165, 1.54) is 0 Å². The summed E-state index contributed by atoms with van der Waals surface area (Å²) in [5.41, 5.74) is 11.4. The van der Waals surface area contributed by atoms with Crippen LogP contribution in [-0.2, 0) is 0 Å². The predicted octanol–water partition coefficient (Wildman–Crippen LogP) is 1.44. The van der Waals surface area contributed by atoms with Gasteiger partial charge in [-0.05, 0) is 18.6 Å². The zero-order valence-corrected chi connectivity index (χ0v) is 7.86. The second-order valence-corrected chi connectivity index (χ2v) is 3.12. The summed E-state index contributed by atoms with van der Waals surface area (Å²) in [6.07, 6.45) is 1.54. The highest BCUT2D eigenvalue weighted by Gasteiger charge is 2.19. The summed E-state index contributed by atoms with van der Waals surface area (Å²) in [5, 5.41) is 0. The molecule has 3 heteroatoms. The molecule has 0 heterocycles. The van der Waals surface area contributed by atoms with Crippen molar-refractivity contribution in [1.29, 1.82) is 0 Å². The van der Waals surface area contributed by atoms with Crippen LogP contribution in [0.4, 0.5) is 0 Å². The Bertz CT molecular complexity index is 246. The lowest BCUT2D eigenvalue weighted by Crippen LogP contribution is -2.54. The summed E-state index contributed by atoms with van der Waals surface area (Å²) >= 11 is 0. The first kappa shape index (κ1) is 10.0. The molecule has 13 heavy (non-hydrogen) atoms. The zero-order valence-electron chi connectivity index (χ0n) is 7.86. The van der Waals surface area contributed by atoms with Crippen molar-refractivity contribution in [3.8, 4) is 5.75 Å². The predicted molar refractivity (Wildman–Crippen MR) is 53.1 cm³/mol. The molecule has 1 rings (SSSR count). The molecule has 0 unspecified atom stereocenters. The molecule has 0 spiro atoms. The van der Waals surface area contributed by atoms with Gasteiger partial charge in [-0.3, -0.25) is 11.5 Å². The van der Waals surface area contributed by atoms with Gasteiger partial charge in [0.1, 0.15) is 5.75 Å². The molecule has 0 bridgehead atoms. The lowest BCUT2D eigenvalue weighted by molar-refractivity contribution is 0.0723. The monoisotopic (exact) mass is 180 g/mol. The molecule has 3 nitrogen and oxygen atoms in total. The Morgan fingerprint density at radius 3 is 2.38 bits per heavy atom. The van der Waals surface area contributed by atoms with Gasteiger partial charge in [0.15, 0.2) is 0 Å². The normalized spacial score (nSPS) is 11.3. The molecule has 0 aliphatic rings. The highest BCUT2D eigenvalue weighted by molar-refractivity contribution is 5.21. The maximum atomic E-state index is 5.71. The molecule has 4 N–H and O–H groups in total. The van der Waals surface area contributed by atoms with Crippen LogP contribution >= 0.6 is 0 Å². The van der Waals surface area contributed by atoms with E-state index < -0.39 is 5.85 Å². The van der Waals surface area contributed by atoms with Crippen LogP contribution in [0.25, 0.3) is 0 Å². The van der Waals surface area contributed by atoms with E-state index in [1.54, 1.807) is 0 Å². The van der Waals surface area contributed by atoms with Crippen molar-refractivity contribution in [3.05, 3.63) is 30.3 Å². The highest BCUT2D eigenvalue weighted by Crippen LogP contribution is 2.14. The molecule has 0 aromatic heterocycles. The minimum Gasteiger partial charge on any atom is -0.460 e. The van der Waals surface area contributed by atoms with E-state index in [0.717, 1.165) is 6.42 Å². The van der Waals surface area contributed by atoms with E-state index in [9.17, 15) is 0 Å². The van der Waals surface area contributed by atoms with E-state index in [-0.39, 0.29) is 0 Å². The Labute approximate surface area is 78.7 Å². The van der Waals surface area contributed by atoms with E-state index in [1.807, 2.05) is 37.3 Å². The second-order valence-electron chi connectivity index (χ2n) is 3.12. The zero-order chi connectivity index (χ0) is 9.73. The van der Waals surface area contributed by atoms with Crippen molar-refractivity contribution < 1.29 is 4.74 Å². The molecule has 0 aliphatic heterocycles. The number of rotatable bonds is 4. The summed E-state index contributed by atoms with van der Waals surface area (Å²) in [6.45, 7) is 2.02. The van der Waals surface area contributed by atoms with Crippen LogP contribution in [0.2, 0.25) is 0 Å². The van der Waals surface area contributed by atoms with Crippen molar-refractivity contribution in [2.24, 2.45) is 11.5 Å². The first-order chi connectivity index (χ1) is 6.14. The van der Waals surface area contributed by atoms with E-state index in [2.05, 4.69) is 0 Å². The molecule has 0 amide bonds. The van der Waals surface area contributed by atoms with Gasteiger partial charge in [-0.2, -0.15) is 0 Å². The molecular weight excluding hydrogens is 164 g/mol. The van der Waals surface area contributed by atoms with E-state index in [4.69, 9.17) is 16.2 Å². The topological polar surface area (TPSA) is 61.3 Å². The summed E-state index contributed by atoms with van der Waals surface area (Å²) in [6, 6.07) is 9.37. The van der Waals surface area contributed by atoms with Crippen LogP contribution in [0, 0.1) is 0 Å². The molecule has 0 fully saturated rings. The van der Waals surface area contributed by atoms with Crippen molar-refractivity contribution in [2.45, 2.75) is 25.6 Å². The maximum absolute atomic E-state index is 5.71. The molecular formula is C10H16N2O. The van der Waals surface area contributed by atoms with Crippen LogP contribution in [-0.4, -0.2) is 5.85 Å². The molecule has 72 valence electrons. The van der Waals surface area contributed by atoms with Crippen molar-refractivity contribution in [1.82, 2.24) is 0 Å². The van der Waals surface area contributed by atoms with Gasteiger partial charge in [-0.15, -0.1) is 0 Å². The largest absolute Gasteiger partial charge is 0.460 e. The lowest BCUT2D eigenvalue weighted by Gasteiger charge is -2.25. The third-order valence-electron chi connectivity index (χ3n) is 1.69. The third-order valence-corrected chi connectivity index (χ3v) is 1.69. The fourth-order valence-electron chi connectivity index (χ4n) is 1.15. The SMILES string of the molecule is CCCC(N)(N)Oc1ccccc1. The Morgan fingerprint density at radius 2 is 1.85 bits per heavy atom. The Kier molecular flexibility index (Phi) is 3.28. The first-order valence-electron chi connectivity index (χ1n) is 4.46.